The molecule has 0 radical (unpaired) electrons. The Labute approximate surface area is 147 Å². The molecule has 0 saturated heterocycles. The van der Waals surface area contributed by atoms with Crippen LogP contribution in [0.5, 0.6) is 0 Å². The number of rotatable bonds is 5. The van der Waals surface area contributed by atoms with Crippen LogP contribution in [0.3, 0.4) is 0 Å². The fraction of sp³-hybridized carbons (Fsp3) is 0.231. The lowest BCUT2D eigenvalue weighted by molar-refractivity contribution is -0.141. The van der Waals surface area contributed by atoms with Crippen molar-refractivity contribution in [2.45, 2.75) is 16.2 Å². The van der Waals surface area contributed by atoms with Crippen LogP contribution in [0, 0.1) is 0 Å². The fourth-order valence-electron chi connectivity index (χ4n) is 1.54. The third-order valence-electron chi connectivity index (χ3n) is 2.56. The topological polar surface area (TPSA) is 42.9 Å². The van der Waals surface area contributed by atoms with Crippen LogP contribution in [0.1, 0.15) is 5.69 Å². The Kier molecular flexibility index (Phi) is 6.30. The standard InChI is InChI=1S/C13H9Cl2F3N2OS2/c14-8-1-2-9(15)10(7-8)23(21)6-5-22-12-19-4-3-11(20-12)13(16,17)18/h1-4,7H,5-6H2. The van der Waals surface area contributed by atoms with Crippen LogP contribution in [-0.2, 0) is 17.0 Å². The van der Waals surface area contributed by atoms with Crippen LogP contribution in [0.25, 0.3) is 0 Å². The van der Waals surface area contributed by atoms with Crippen LogP contribution >= 0.6 is 35.0 Å². The van der Waals surface area contributed by atoms with E-state index in [-0.39, 0.29) is 16.7 Å². The zero-order valence-corrected chi connectivity index (χ0v) is 14.5. The molecule has 0 aliphatic heterocycles. The van der Waals surface area contributed by atoms with Crippen LogP contribution < -0.4 is 0 Å². The number of alkyl halides is 3. The second-order valence-corrected chi connectivity index (χ2v) is 7.64. The lowest BCUT2D eigenvalue weighted by Crippen LogP contribution is -2.09. The zero-order valence-electron chi connectivity index (χ0n) is 11.3. The van der Waals surface area contributed by atoms with Crippen LogP contribution in [-0.4, -0.2) is 25.7 Å². The maximum absolute atomic E-state index is 12.5. The molecule has 0 aliphatic rings. The van der Waals surface area contributed by atoms with Crippen molar-refractivity contribution in [1.29, 1.82) is 0 Å². The molecular formula is C13H9Cl2F3N2OS2. The van der Waals surface area contributed by atoms with E-state index in [0.717, 1.165) is 24.0 Å². The lowest BCUT2D eigenvalue weighted by atomic mass is 10.4. The minimum Gasteiger partial charge on any atom is -0.254 e. The summed E-state index contributed by atoms with van der Waals surface area (Å²) in [7, 11) is -1.42. The summed E-state index contributed by atoms with van der Waals surface area (Å²) in [6.45, 7) is 0. The first-order valence-corrected chi connectivity index (χ1v) is 9.20. The molecule has 2 rings (SSSR count). The molecule has 1 atom stereocenters. The van der Waals surface area contributed by atoms with Crippen LogP contribution in [0.4, 0.5) is 13.2 Å². The Hall–Kier alpha value is -0.830. The second kappa shape index (κ2) is 7.83. The first-order valence-electron chi connectivity index (χ1n) is 6.14. The van der Waals surface area contributed by atoms with Crippen molar-refractivity contribution in [1.82, 2.24) is 9.97 Å². The molecule has 0 spiro atoms. The summed E-state index contributed by atoms with van der Waals surface area (Å²) in [4.78, 5) is 7.58. The highest BCUT2D eigenvalue weighted by Crippen LogP contribution is 2.29. The van der Waals surface area contributed by atoms with Gasteiger partial charge >= 0.3 is 6.18 Å². The Bertz CT molecular complexity index is 729. The van der Waals surface area contributed by atoms with Gasteiger partial charge in [-0.25, -0.2) is 9.97 Å². The molecule has 0 amide bonds. The SMILES string of the molecule is O=S(CCSc1nccc(C(F)(F)F)n1)c1cc(Cl)ccc1Cl. The lowest BCUT2D eigenvalue weighted by Gasteiger charge is -2.07. The van der Waals surface area contributed by atoms with Gasteiger partial charge in [0.1, 0.15) is 5.69 Å². The highest BCUT2D eigenvalue weighted by molar-refractivity contribution is 8.00. The normalized spacial score (nSPS) is 13.1. The Balaban J connectivity index is 1.97. The van der Waals surface area contributed by atoms with Gasteiger partial charge < -0.3 is 0 Å². The van der Waals surface area contributed by atoms with Gasteiger partial charge in [0.25, 0.3) is 0 Å². The van der Waals surface area contributed by atoms with Gasteiger partial charge in [0, 0.05) is 22.7 Å². The summed E-state index contributed by atoms with van der Waals surface area (Å²) in [5, 5.41) is 0.716. The number of halogens is 5. The summed E-state index contributed by atoms with van der Waals surface area (Å²) in [6.07, 6.45) is -3.47. The van der Waals surface area contributed by atoms with Crippen LogP contribution in [0.2, 0.25) is 10.0 Å². The minimum atomic E-state index is -4.52. The molecule has 3 nitrogen and oxygen atoms in total. The number of aromatic nitrogens is 2. The maximum Gasteiger partial charge on any atom is 0.433 e. The number of thioether (sulfide) groups is 1. The van der Waals surface area contributed by atoms with Gasteiger partial charge in [-0.15, -0.1) is 0 Å². The first kappa shape index (κ1) is 18.5. The minimum absolute atomic E-state index is 0.0194. The van der Waals surface area contributed by atoms with Crippen molar-refractivity contribution in [2.75, 3.05) is 11.5 Å². The monoisotopic (exact) mass is 400 g/mol. The smallest absolute Gasteiger partial charge is 0.254 e. The molecule has 0 N–H and O–H groups in total. The summed E-state index contributed by atoms with van der Waals surface area (Å²) in [6, 6.07) is 5.43. The summed E-state index contributed by atoms with van der Waals surface area (Å²) in [5.41, 5.74) is -1.01. The quantitative estimate of drug-likeness (QED) is 0.538. The highest BCUT2D eigenvalue weighted by Gasteiger charge is 2.32. The van der Waals surface area contributed by atoms with E-state index in [0.29, 0.717) is 14.9 Å². The number of benzene rings is 1. The van der Waals surface area contributed by atoms with Crippen molar-refractivity contribution >= 4 is 45.8 Å². The molecule has 1 aromatic heterocycles. The van der Waals surface area contributed by atoms with Gasteiger partial charge in [-0.3, -0.25) is 4.21 Å². The van der Waals surface area contributed by atoms with E-state index in [2.05, 4.69) is 9.97 Å². The maximum atomic E-state index is 12.5. The molecule has 0 fully saturated rings. The zero-order chi connectivity index (χ0) is 17.0. The van der Waals surface area contributed by atoms with E-state index in [1.165, 1.54) is 6.07 Å². The van der Waals surface area contributed by atoms with E-state index >= 15 is 0 Å². The molecule has 1 heterocycles. The molecule has 0 saturated carbocycles. The number of nitrogens with zero attached hydrogens (tertiary/aromatic N) is 2. The van der Waals surface area contributed by atoms with Gasteiger partial charge in [0.05, 0.1) is 20.7 Å². The molecular weight excluding hydrogens is 392 g/mol. The summed E-state index contributed by atoms with van der Waals surface area (Å²) >= 11 is 12.8. The fourth-order valence-corrected chi connectivity index (χ4v) is 4.33. The van der Waals surface area contributed by atoms with Gasteiger partial charge in [0.15, 0.2) is 5.16 Å². The van der Waals surface area contributed by atoms with Crippen molar-refractivity contribution in [3.05, 3.63) is 46.2 Å². The Morgan fingerprint density at radius 3 is 2.65 bits per heavy atom. The Morgan fingerprint density at radius 1 is 1.22 bits per heavy atom. The van der Waals surface area contributed by atoms with E-state index in [1.54, 1.807) is 12.1 Å². The number of hydrogen-bond acceptors (Lipinski definition) is 4. The van der Waals surface area contributed by atoms with E-state index in [9.17, 15) is 17.4 Å². The molecule has 2 aromatic rings. The molecule has 124 valence electrons. The predicted octanol–water partition coefficient (Wildman–Crippen LogP) is 4.70. The van der Waals surface area contributed by atoms with Crippen molar-refractivity contribution in [3.8, 4) is 0 Å². The average molecular weight is 401 g/mol. The molecule has 0 bridgehead atoms. The molecule has 0 aliphatic carbocycles. The van der Waals surface area contributed by atoms with Crippen LogP contribution in [0.15, 0.2) is 40.5 Å². The van der Waals surface area contributed by atoms with Crippen molar-refractivity contribution < 1.29 is 17.4 Å². The third kappa shape index (κ3) is 5.34. The van der Waals surface area contributed by atoms with E-state index in [4.69, 9.17) is 23.2 Å². The van der Waals surface area contributed by atoms with Crippen molar-refractivity contribution in [2.24, 2.45) is 0 Å². The summed E-state index contributed by atoms with van der Waals surface area (Å²) < 4.78 is 49.8. The summed E-state index contributed by atoms with van der Waals surface area (Å²) in [5.74, 6) is 0.459. The second-order valence-electron chi connectivity index (χ2n) is 4.20. The Morgan fingerprint density at radius 2 is 1.96 bits per heavy atom. The molecule has 10 heteroatoms. The highest BCUT2D eigenvalue weighted by atomic mass is 35.5. The van der Waals surface area contributed by atoms with Gasteiger partial charge in [-0.05, 0) is 24.3 Å². The molecule has 1 unspecified atom stereocenters. The largest absolute Gasteiger partial charge is 0.433 e. The van der Waals surface area contributed by atoms with Gasteiger partial charge in [-0.2, -0.15) is 13.2 Å². The van der Waals surface area contributed by atoms with E-state index in [1.807, 2.05) is 0 Å². The van der Waals surface area contributed by atoms with Gasteiger partial charge in [-0.1, -0.05) is 35.0 Å². The first-order chi connectivity index (χ1) is 10.8. The molecule has 1 aromatic carbocycles. The predicted molar refractivity (Wildman–Crippen MR) is 85.5 cm³/mol. The average Bonchev–Trinajstić information content (AvgIpc) is 2.49. The van der Waals surface area contributed by atoms with Crippen molar-refractivity contribution in [3.63, 3.8) is 0 Å². The van der Waals surface area contributed by atoms with E-state index < -0.39 is 22.7 Å². The third-order valence-corrected chi connectivity index (χ3v) is 5.76. The molecule has 23 heavy (non-hydrogen) atoms. The number of hydrogen-bond donors (Lipinski definition) is 0. The van der Waals surface area contributed by atoms with Gasteiger partial charge in [0.2, 0.25) is 0 Å².